The Morgan fingerprint density at radius 1 is 1.47 bits per heavy atom. The first-order chi connectivity index (χ1) is 8.09. The lowest BCUT2D eigenvalue weighted by atomic mass is 10.0. The summed E-state index contributed by atoms with van der Waals surface area (Å²) in [7, 11) is 1.88. The van der Waals surface area contributed by atoms with E-state index in [9.17, 15) is 4.79 Å². The van der Waals surface area contributed by atoms with Crippen molar-refractivity contribution in [1.29, 1.82) is 0 Å². The lowest BCUT2D eigenvalue weighted by molar-refractivity contribution is 0.0989. The minimum absolute atomic E-state index is 0.0455. The maximum absolute atomic E-state index is 12.1. The average molecular weight is 229 g/mol. The molecular weight excluding hydrogens is 214 g/mol. The zero-order valence-corrected chi connectivity index (χ0v) is 9.97. The Balaban J connectivity index is 2.27. The molecule has 88 valence electrons. The number of carbonyl (C=O) groups is 1. The van der Waals surface area contributed by atoms with Crippen LogP contribution in [-0.4, -0.2) is 15.3 Å². The van der Waals surface area contributed by atoms with E-state index in [0.717, 1.165) is 11.4 Å². The summed E-state index contributed by atoms with van der Waals surface area (Å²) in [5, 5.41) is 0. The van der Waals surface area contributed by atoms with Gasteiger partial charge in [0.1, 0.15) is 5.82 Å². The van der Waals surface area contributed by atoms with Crippen LogP contribution < -0.4 is 5.73 Å². The minimum Gasteiger partial charge on any atom is -0.398 e. The molecule has 1 heterocycles. The average Bonchev–Trinajstić information content (AvgIpc) is 2.68. The van der Waals surface area contributed by atoms with Crippen LogP contribution in [0.4, 0.5) is 5.69 Å². The molecule has 2 N–H and O–H groups in total. The summed E-state index contributed by atoms with van der Waals surface area (Å²) in [5.41, 5.74) is 7.95. The Kier molecular flexibility index (Phi) is 2.95. The van der Waals surface area contributed by atoms with Gasteiger partial charge in [0.15, 0.2) is 5.78 Å². The van der Waals surface area contributed by atoms with Crippen LogP contribution in [0.5, 0.6) is 0 Å². The summed E-state index contributed by atoms with van der Waals surface area (Å²) in [6.45, 7) is 1.86. The molecule has 0 unspecified atom stereocenters. The van der Waals surface area contributed by atoms with E-state index in [4.69, 9.17) is 5.73 Å². The van der Waals surface area contributed by atoms with Gasteiger partial charge in [0.25, 0.3) is 0 Å². The van der Waals surface area contributed by atoms with Crippen molar-refractivity contribution in [1.82, 2.24) is 9.55 Å². The Bertz CT molecular complexity index is 558. The SMILES string of the molecule is Cc1c(N)cccc1C(=O)Cc1nccn1C. The molecular formula is C13H15N3O. The maximum atomic E-state index is 12.1. The van der Waals surface area contributed by atoms with Gasteiger partial charge in [-0.25, -0.2) is 4.98 Å². The lowest BCUT2D eigenvalue weighted by Gasteiger charge is -2.07. The number of hydrogen-bond donors (Lipinski definition) is 1. The third-order valence-corrected chi connectivity index (χ3v) is 2.92. The van der Waals surface area contributed by atoms with E-state index in [1.54, 1.807) is 24.4 Å². The number of rotatable bonds is 3. The number of aryl methyl sites for hydroxylation is 1. The molecule has 0 atom stereocenters. The molecule has 0 spiro atoms. The second-order valence-corrected chi connectivity index (χ2v) is 4.07. The van der Waals surface area contributed by atoms with Crippen molar-refractivity contribution < 1.29 is 4.79 Å². The number of nitrogen functional groups attached to an aromatic ring is 1. The number of nitrogens with two attached hydrogens (primary N) is 1. The Hall–Kier alpha value is -2.10. The van der Waals surface area contributed by atoms with Crippen LogP contribution in [0.25, 0.3) is 0 Å². The van der Waals surface area contributed by atoms with Gasteiger partial charge in [-0.15, -0.1) is 0 Å². The molecule has 0 aliphatic rings. The van der Waals surface area contributed by atoms with Crippen molar-refractivity contribution >= 4 is 11.5 Å². The highest BCUT2D eigenvalue weighted by Crippen LogP contribution is 2.17. The lowest BCUT2D eigenvalue weighted by Crippen LogP contribution is -2.10. The van der Waals surface area contributed by atoms with Crippen LogP contribution in [0.3, 0.4) is 0 Å². The van der Waals surface area contributed by atoms with Crippen LogP contribution in [0.2, 0.25) is 0 Å². The fourth-order valence-corrected chi connectivity index (χ4v) is 1.76. The number of hydrogen-bond acceptors (Lipinski definition) is 3. The van der Waals surface area contributed by atoms with Crippen LogP contribution in [0.1, 0.15) is 21.7 Å². The Morgan fingerprint density at radius 2 is 2.24 bits per heavy atom. The molecule has 0 aliphatic carbocycles. The van der Waals surface area contributed by atoms with Gasteiger partial charge in [0.2, 0.25) is 0 Å². The summed E-state index contributed by atoms with van der Waals surface area (Å²) in [6.07, 6.45) is 3.82. The molecule has 0 fully saturated rings. The molecule has 0 aliphatic heterocycles. The number of aromatic nitrogens is 2. The van der Waals surface area contributed by atoms with E-state index in [-0.39, 0.29) is 5.78 Å². The van der Waals surface area contributed by atoms with Gasteiger partial charge in [0.05, 0.1) is 6.42 Å². The largest absolute Gasteiger partial charge is 0.398 e. The number of Topliss-reactive ketones (excluding diaryl/α,β-unsaturated/α-hetero) is 1. The van der Waals surface area contributed by atoms with Gasteiger partial charge in [-0.1, -0.05) is 12.1 Å². The second-order valence-electron chi connectivity index (χ2n) is 4.07. The quantitative estimate of drug-likeness (QED) is 0.644. The van der Waals surface area contributed by atoms with E-state index in [1.165, 1.54) is 0 Å². The van der Waals surface area contributed by atoms with Crippen LogP contribution in [0.15, 0.2) is 30.6 Å². The third-order valence-electron chi connectivity index (χ3n) is 2.92. The molecule has 17 heavy (non-hydrogen) atoms. The summed E-state index contributed by atoms with van der Waals surface area (Å²) in [6, 6.07) is 5.40. The molecule has 2 rings (SSSR count). The van der Waals surface area contributed by atoms with Gasteiger partial charge in [-0.2, -0.15) is 0 Å². The van der Waals surface area contributed by atoms with E-state index < -0.39 is 0 Å². The smallest absolute Gasteiger partial charge is 0.170 e. The van der Waals surface area contributed by atoms with E-state index >= 15 is 0 Å². The van der Waals surface area contributed by atoms with E-state index in [2.05, 4.69) is 4.98 Å². The summed E-state index contributed by atoms with van der Waals surface area (Å²) in [5.74, 6) is 0.806. The monoisotopic (exact) mass is 229 g/mol. The normalized spacial score (nSPS) is 10.5. The molecule has 0 saturated heterocycles. The molecule has 0 radical (unpaired) electrons. The third kappa shape index (κ3) is 2.20. The number of ketones is 1. The Morgan fingerprint density at radius 3 is 2.88 bits per heavy atom. The predicted octanol–water partition coefficient (Wildman–Crippen LogP) is 1.74. The number of benzene rings is 1. The summed E-state index contributed by atoms with van der Waals surface area (Å²) >= 11 is 0. The zero-order valence-electron chi connectivity index (χ0n) is 9.97. The minimum atomic E-state index is 0.0455. The number of imidazole rings is 1. The summed E-state index contributed by atoms with van der Waals surface area (Å²) in [4.78, 5) is 16.3. The number of anilines is 1. The van der Waals surface area contributed by atoms with Crippen molar-refractivity contribution in [2.75, 3.05) is 5.73 Å². The molecule has 1 aromatic carbocycles. The van der Waals surface area contributed by atoms with Gasteiger partial charge in [0, 0.05) is 30.7 Å². The number of nitrogens with zero attached hydrogens (tertiary/aromatic N) is 2. The highest BCUT2D eigenvalue weighted by Gasteiger charge is 2.13. The van der Waals surface area contributed by atoms with E-state index in [0.29, 0.717) is 17.7 Å². The van der Waals surface area contributed by atoms with Gasteiger partial charge >= 0.3 is 0 Å². The maximum Gasteiger partial charge on any atom is 0.170 e. The Labute approximate surface area is 100 Å². The van der Waals surface area contributed by atoms with Crippen LogP contribution >= 0.6 is 0 Å². The number of carbonyl (C=O) groups excluding carboxylic acids is 1. The molecule has 2 aromatic rings. The highest BCUT2D eigenvalue weighted by atomic mass is 16.1. The van der Waals surface area contributed by atoms with Gasteiger partial charge < -0.3 is 10.3 Å². The standard InChI is InChI=1S/C13H15N3O/c1-9-10(4-3-5-11(9)14)12(17)8-13-15-6-7-16(13)2/h3-7H,8,14H2,1-2H3. The first kappa shape index (κ1) is 11.4. The first-order valence-corrected chi connectivity index (χ1v) is 5.44. The molecule has 0 amide bonds. The van der Waals surface area contributed by atoms with Crippen molar-refractivity contribution in [2.24, 2.45) is 7.05 Å². The fraction of sp³-hybridized carbons (Fsp3) is 0.231. The molecule has 4 nitrogen and oxygen atoms in total. The fourth-order valence-electron chi connectivity index (χ4n) is 1.76. The topological polar surface area (TPSA) is 60.9 Å². The van der Waals surface area contributed by atoms with Crippen molar-refractivity contribution in [2.45, 2.75) is 13.3 Å². The molecule has 0 bridgehead atoms. The molecule has 1 aromatic heterocycles. The van der Waals surface area contributed by atoms with E-state index in [1.807, 2.05) is 24.7 Å². The highest BCUT2D eigenvalue weighted by molar-refractivity contribution is 5.99. The zero-order chi connectivity index (χ0) is 12.4. The van der Waals surface area contributed by atoms with Gasteiger partial charge in [-0.05, 0) is 18.6 Å². The van der Waals surface area contributed by atoms with Crippen LogP contribution in [-0.2, 0) is 13.5 Å². The predicted molar refractivity (Wildman–Crippen MR) is 66.8 cm³/mol. The van der Waals surface area contributed by atoms with Crippen molar-refractivity contribution in [3.63, 3.8) is 0 Å². The molecule has 0 saturated carbocycles. The molecule has 4 heteroatoms. The van der Waals surface area contributed by atoms with Crippen LogP contribution in [0, 0.1) is 6.92 Å². The summed E-state index contributed by atoms with van der Waals surface area (Å²) < 4.78 is 1.85. The second kappa shape index (κ2) is 4.41. The van der Waals surface area contributed by atoms with Gasteiger partial charge in [-0.3, -0.25) is 4.79 Å². The first-order valence-electron chi connectivity index (χ1n) is 5.44. The van der Waals surface area contributed by atoms with Crippen molar-refractivity contribution in [3.8, 4) is 0 Å². The van der Waals surface area contributed by atoms with Crippen molar-refractivity contribution in [3.05, 3.63) is 47.5 Å².